The molecule has 0 aliphatic rings. The molecule has 0 spiro atoms. The van der Waals surface area contributed by atoms with Gasteiger partial charge >= 0.3 is 5.97 Å². The average molecular weight is 403 g/mol. The maximum Gasteiger partial charge on any atom is 0.307 e. The SMILES string of the molecule is COc1ccc2ncccc2c1-c1[nH]c2ccc(CC(=O)O)cc2c1CCCCN. The molecule has 0 aliphatic carbocycles. The number of unbranched alkanes of at least 4 members (excludes halogenated alkanes) is 1. The molecule has 2 aromatic heterocycles. The van der Waals surface area contributed by atoms with E-state index in [9.17, 15) is 9.90 Å². The molecule has 0 radical (unpaired) electrons. The molecule has 0 unspecified atom stereocenters. The Morgan fingerprint density at radius 2 is 2.03 bits per heavy atom. The number of benzene rings is 2. The van der Waals surface area contributed by atoms with Crippen LogP contribution in [0.3, 0.4) is 0 Å². The molecule has 4 rings (SSSR count). The molecule has 0 saturated carbocycles. The zero-order valence-corrected chi connectivity index (χ0v) is 16.9. The van der Waals surface area contributed by atoms with Crippen molar-refractivity contribution in [1.29, 1.82) is 0 Å². The monoisotopic (exact) mass is 403 g/mol. The molecule has 4 aromatic rings. The minimum absolute atomic E-state index is 0.000200. The van der Waals surface area contributed by atoms with Crippen LogP contribution in [0.25, 0.3) is 33.1 Å². The van der Waals surface area contributed by atoms with E-state index in [2.05, 4.69) is 9.97 Å². The van der Waals surface area contributed by atoms with Gasteiger partial charge in [0, 0.05) is 28.0 Å². The van der Waals surface area contributed by atoms with Crippen molar-refractivity contribution < 1.29 is 14.6 Å². The maximum atomic E-state index is 11.2. The topological polar surface area (TPSA) is 101 Å². The van der Waals surface area contributed by atoms with Gasteiger partial charge in [-0.3, -0.25) is 9.78 Å². The first-order valence-corrected chi connectivity index (χ1v) is 10.1. The Hall–Kier alpha value is -3.38. The van der Waals surface area contributed by atoms with Crippen LogP contribution in [0.15, 0.2) is 48.7 Å². The van der Waals surface area contributed by atoms with Gasteiger partial charge in [0.15, 0.2) is 0 Å². The number of hydrogen-bond acceptors (Lipinski definition) is 4. The van der Waals surface area contributed by atoms with Crippen molar-refractivity contribution in [3.8, 4) is 17.0 Å². The lowest BCUT2D eigenvalue weighted by atomic mass is 9.96. The molecule has 154 valence electrons. The summed E-state index contributed by atoms with van der Waals surface area (Å²) in [6, 6.07) is 13.7. The molecule has 2 heterocycles. The van der Waals surface area contributed by atoms with Crippen molar-refractivity contribution in [2.45, 2.75) is 25.7 Å². The molecule has 0 bridgehead atoms. The second-order valence-corrected chi connectivity index (χ2v) is 7.39. The molecule has 0 saturated heterocycles. The number of H-pyrrole nitrogens is 1. The Bertz CT molecular complexity index is 1210. The fourth-order valence-corrected chi connectivity index (χ4v) is 4.06. The van der Waals surface area contributed by atoms with Crippen LogP contribution < -0.4 is 10.5 Å². The van der Waals surface area contributed by atoms with Crippen molar-refractivity contribution in [3.05, 3.63) is 59.8 Å². The molecule has 6 nitrogen and oxygen atoms in total. The highest BCUT2D eigenvalue weighted by Crippen LogP contribution is 2.41. The van der Waals surface area contributed by atoms with Crippen LogP contribution >= 0.6 is 0 Å². The lowest BCUT2D eigenvalue weighted by molar-refractivity contribution is -0.136. The summed E-state index contributed by atoms with van der Waals surface area (Å²) < 4.78 is 5.72. The molecule has 2 aromatic carbocycles. The summed E-state index contributed by atoms with van der Waals surface area (Å²) in [5.74, 6) is -0.0653. The van der Waals surface area contributed by atoms with Crippen molar-refractivity contribution in [2.75, 3.05) is 13.7 Å². The van der Waals surface area contributed by atoms with Gasteiger partial charge in [0.25, 0.3) is 0 Å². The number of aryl methyl sites for hydroxylation is 1. The number of rotatable bonds is 8. The minimum atomic E-state index is -0.836. The highest BCUT2D eigenvalue weighted by Gasteiger charge is 2.19. The number of methoxy groups -OCH3 is 1. The first kappa shape index (κ1) is 19.9. The molecule has 0 amide bonds. The number of nitrogens with two attached hydrogens (primary N) is 1. The van der Waals surface area contributed by atoms with Gasteiger partial charge in [-0.25, -0.2) is 0 Å². The van der Waals surface area contributed by atoms with Crippen LogP contribution in [0.5, 0.6) is 5.75 Å². The van der Waals surface area contributed by atoms with Crippen LogP contribution in [0.1, 0.15) is 24.0 Å². The zero-order chi connectivity index (χ0) is 21.1. The number of aliphatic carboxylic acids is 1. The van der Waals surface area contributed by atoms with Crippen molar-refractivity contribution in [3.63, 3.8) is 0 Å². The Morgan fingerprint density at radius 1 is 1.17 bits per heavy atom. The quantitative estimate of drug-likeness (QED) is 0.381. The summed E-state index contributed by atoms with van der Waals surface area (Å²) in [5, 5.41) is 11.3. The van der Waals surface area contributed by atoms with Gasteiger partial charge in [-0.15, -0.1) is 0 Å². The van der Waals surface area contributed by atoms with Gasteiger partial charge in [-0.2, -0.15) is 0 Å². The smallest absolute Gasteiger partial charge is 0.307 e. The highest BCUT2D eigenvalue weighted by atomic mass is 16.5. The van der Waals surface area contributed by atoms with E-state index in [1.165, 1.54) is 0 Å². The van der Waals surface area contributed by atoms with E-state index in [-0.39, 0.29) is 6.42 Å². The molecule has 0 aliphatic heterocycles. The molecular formula is C24H25N3O3. The summed E-state index contributed by atoms with van der Waals surface area (Å²) >= 11 is 0. The lowest BCUT2D eigenvalue weighted by Gasteiger charge is -2.13. The van der Waals surface area contributed by atoms with Gasteiger partial charge in [0.1, 0.15) is 5.75 Å². The third-order valence-electron chi connectivity index (χ3n) is 5.42. The number of carboxylic acid groups (broad SMARTS) is 1. The second kappa shape index (κ2) is 8.55. The molecule has 4 N–H and O–H groups in total. The van der Waals surface area contributed by atoms with Gasteiger partial charge in [0.2, 0.25) is 0 Å². The number of nitrogens with zero attached hydrogens (tertiary/aromatic N) is 1. The fraction of sp³-hybridized carbons (Fsp3) is 0.250. The molecule has 0 atom stereocenters. The van der Waals surface area contributed by atoms with E-state index in [0.29, 0.717) is 6.54 Å². The minimum Gasteiger partial charge on any atom is -0.496 e. The normalized spacial score (nSPS) is 11.3. The first-order chi connectivity index (χ1) is 14.6. The Morgan fingerprint density at radius 3 is 2.80 bits per heavy atom. The van der Waals surface area contributed by atoms with E-state index in [1.54, 1.807) is 13.3 Å². The third-order valence-corrected chi connectivity index (χ3v) is 5.42. The average Bonchev–Trinajstić information content (AvgIpc) is 3.10. The molecular weight excluding hydrogens is 378 g/mol. The maximum absolute atomic E-state index is 11.2. The number of hydrogen-bond donors (Lipinski definition) is 3. The molecule has 0 fully saturated rings. The summed E-state index contributed by atoms with van der Waals surface area (Å²) in [7, 11) is 1.67. The molecule has 30 heavy (non-hydrogen) atoms. The van der Waals surface area contributed by atoms with Gasteiger partial charge in [0.05, 0.1) is 24.7 Å². The van der Waals surface area contributed by atoms with Crippen molar-refractivity contribution in [2.24, 2.45) is 5.73 Å². The number of carboxylic acids is 1. The van der Waals surface area contributed by atoms with E-state index in [4.69, 9.17) is 10.5 Å². The van der Waals surface area contributed by atoms with Gasteiger partial charge < -0.3 is 20.6 Å². The highest BCUT2D eigenvalue weighted by molar-refractivity contribution is 6.02. The van der Waals surface area contributed by atoms with E-state index < -0.39 is 5.97 Å². The Kier molecular flexibility index (Phi) is 5.68. The van der Waals surface area contributed by atoms with E-state index in [1.807, 2.05) is 42.5 Å². The number of carbonyl (C=O) groups is 1. The summed E-state index contributed by atoms with van der Waals surface area (Å²) in [4.78, 5) is 19.3. The van der Waals surface area contributed by atoms with Crippen LogP contribution in [0.2, 0.25) is 0 Å². The summed E-state index contributed by atoms with van der Waals surface area (Å²) in [5.41, 5.74) is 11.5. The van der Waals surface area contributed by atoms with Crippen molar-refractivity contribution in [1.82, 2.24) is 9.97 Å². The number of pyridine rings is 1. The van der Waals surface area contributed by atoms with Crippen LogP contribution in [-0.2, 0) is 17.6 Å². The number of nitrogens with one attached hydrogen (secondary N) is 1. The fourth-order valence-electron chi connectivity index (χ4n) is 4.06. The first-order valence-electron chi connectivity index (χ1n) is 10.1. The van der Waals surface area contributed by atoms with Crippen LogP contribution in [-0.4, -0.2) is 34.7 Å². The van der Waals surface area contributed by atoms with Gasteiger partial charge in [-0.1, -0.05) is 12.1 Å². The predicted molar refractivity (Wildman–Crippen MR) is 119 cm³/mol. The Balaban J connectivity index is 1.97. The Labute approximate surface area is 174 Å². The lowest BCUT2D eigenvalue weighted by Crippen LogP contribution is -2.00. The van der Waals surface area contributed by atoms with E-state index >= 15 is 0 Å². The number of ether oxygens (including phenoxy) is 1. The van der Waals surface area contributed by atoms with E-state index in [0.717, 1.165) is 69.2 Å². The van der Waals surface area contributed by atoms with Crippen LogP contribution in [0.4, 0.5) is 0 Å². The van der Waals surface area contributed by atoms with Crippen molar-refractivity contribution >= 4 is 27.8 Å². The second-order valence-electron chi connectivity index (χ2n) is 7.39. The number of aromatic amines is 1. The predicted octanol–water partition coefficient (Wildman–Crippen LogP) is 4.30. The third kappa shape index (κ3) is 3.74. The summed E-state index contributed by atoms with van der Waals surface area (Å²) in [6.07, 6.45) is 4.49. The van der Waals surface area contributed by atoms with Crippen LogP contribution in [0, 0.1) is 0 Å². The van der Waals surface area contributed by atoms with Gasteiger partial charge in [-0.05, 0) is 67.3 Å². The standard InChI is InChI=1S/C24H25N3O3/c1-30-21-10-9-19-17(6-4-12-26-19)23(21)24-16(5-2-3-11-25)18-13-15(14-22(28)29)7-8-20(18)27-24/h4,6-10,12-13,27H,2-3,5,11,14,25H2,1H3,(H,28,29). The molecule has 6 heteroatoms. The number of aromatic nitrogens is 2. The number of fused-ring (bicyclic) bond motifs is 2. The zero-order valence-electron chi connectivity index (χ0n) is 16.9. The summed E-state index contributed by atoms with van der Waals surface area (Å²) in [6.45, 7) is 0.642. The largest absolute Gasteiger partial charge is 0.496 e.